The second kappa shape index (κ2) is 9.04. The third-order valence-corrected chi connectivity index (χ3v) is 5.65. The normalized spacial score (nSPS) is 29.2. The van der Waals surface area contributed by atoms with Crippen LogP contribution in [0.3, 0.4) is 0 Å². The molecule has 0 saturated carbocycles. The van der Waals surface area contributed by atoms with Crippen molar-refractivity contribution < 1.29 is 54.4 Å². The smallest absolute Gasteiger partial charge is 0.229 e. The number of aliphatic hydroxyl groups is 4. The van der Waals surface area contributed by atoms with Crippen molar-refractivity contribution in [1.29, 1.82) is 0 Å². The fourth-order valence-corrected chi connectivity index (χ4v) is 3.86. The lowest BCUT2D eigenvalue weighted by atomic mass is 9.95. The summed E-state index contributed by atoms with van der Waals surface area (Å²) in [4.78, 5) is 12.7. The molecule has 2 heterocycles. The summed E-state index contributed by atoms with van der Waals surface area (Å²) in [5.41, 5.74) is 0.515. The van der Waals surface area contributed by atoms with Crippen LogP contribution in [0.25, 0.3) is 0 Å². The molecule has 11 nitrogen and oxygen atoms in total. The van der Waals surface area contributed by atoms with E-state index in [2.05, 4.69) is 0 Å². The zero-order chi connectivity index (χ0) is 23.9. The number of Topliss-reactive ketones (excluding diaryl/α,β-unsaturated/α-hetero) is 1. The molecule has 4 rings (SSSR count). The molecule has 1 fully saturated rings. The van der Waals surface area contributed by atoms with Gasteiger partial charge in [-0.3, -0.25) is 4.79 Å². The lowest BCUT2D eigenvalue weighted by molar-refractivity contribution is -0.277. The highest BCUT2D eigenvalue weighted by molar-refractivity contribution is 6.02. The molecule has 2 aromatic carbocycles. The molecule has 33 heavy (non-hydrogen) atoms. The van der Waals surface area contributed by atoms with Crippen LogP contribution in [0, 0.1) is 0 Å². The molecule has 0 aromatic heterocycles. The van der Waals surface area contributed by atoms with Crippen LogP contribution in [0.4, 0.5) is 0 Å². The quantitative estimate of drug-likeness (QED) is 0.351. The second-order valence-electron chi connectivity index (χ2n) is 7.80. The van der Waals surface area contributed by atoms with Crippen LogP contribution in [-0.4, -0.2) is 80.8 Å². The van der Waals surface area contributed by atoms with E-state index in [1.807, 2.05) is 0 Å². The van der Waals surface area contributed by atoms with Gasteiger partial charge in [-0.25, -0.2) is 0 Å². The number of ketones is 1. The zero-order valence-electron chi connectivity index (χ0n) is 17.5. The first kappa shape index (κ1) is 23.1. The number of hydrogen-bond donors (Lipinski definition) is 6. The number of phenols is 2. The van der Waals surface area contributed by atoms with E-state index in [1.165, 1.54) is 25.3 Å². The first-order valence-electron chi connectivity index (χ1n) is 10.1. The molecular weight excluding hydrogens is 440 g/mol. The predicted octanol–water partition coefficient (Wildman–Crippen LogP) is -0.00840. The van der Waals surface area contributed by atoms with Crippen LogP contribution in [0.2, 0.25) is 0 Å². The molecule has 2 aromatic rings. The maximum Gasteiger partial charge on any atom is 0.229 e. The van der Waals surface area contributed by atoms with Crippen LogP contribution >= 0.6 is 0 Å². The molecule has 0 unspecified atom stereocenters. The number of hydrogen-bond acceptors (Lipinski definition) is 11. The molecular formula is C22H24O11. The van der Waals surface area contributed by atoms with Gasteiger partial charge >= 0.3 is 0 Å². The second-order valence-corrected chi connectivity index (χ2v) is 7.80. The van der Waals surface area contributed by atoms with Crippen LogP contribution in [0.15, 0.2) is 30.3 Å². The third kappa shape index (κ3) is 4.28. The Morgan fingerprint density at radius 3 is 2.48 bits per heavy atom. The number of aliphatic hydroxyl groups excluding tert-OH is 4. The molecule has 6 N–H and O–H groups in total. The van der Waals surface area contributed by atoms with Gasteiger partial charge in [-0.2, -0.15) is 0 Å². The summed E-state index contributed by atoms with van der Waals surface area (Å²) >= 11 is 0. The molecule has 6 atom stereocenters. The molecule has 2 aliphatic heterocycles. The Balaban J connectivity index is 1.60. The number of carbonyl (C=O) groups is 1. The Morgan fingerprint density at radius 2 is 1.79 bits per heavy atom. The average Bonchev–Trinajstić information content (AvgIpc) is 2.79. The monoisotopic (exact) mass is 464 g/mol. The number of methoxy groups -OCH3 is 1. The number of ether oxygens (including phenoxy) is 4. The van der Waals surface area contributed by atoms with Gasteiger partial charge in [-0.05, 0) is 17.7 Å². The van der Waals surface area contributed by atoms with E-state index in [9.17, 15) is 35.4 Å². The summed E-state index contributed by atoms with van der Waals surface area (Å²) in [5.74, 6) is -0.701. The van der Waals surface area contributed by atoms with Crippen LogP contribution in [0.1, 0.15) is 28.4 Å². The molecule has 0 amide bonds. The number of phenolic OH excluding ortho intramolecular Hbond substituents is 2. The molecule has 11 heteroatoms. The van der Waals surface area contributed by atoms with Crippen molar-refractivity contribution in [3.63, 3.8) is 0 Å². The summed E-state index contributed by atoms with van der Waals surface area (Å²) in [5, 5.41) is 59.5. The minimum absolute atomic E-state index is 0.0166. The van der Waals surface area contributed by atoms with E-state index < -0.39 is 49.2 Å². The van der Waals surface area contributed by atoms with E-state index in [4.69, 9.17) is 18.9 Å². The number of benzene rings is 2. The largest absolute Gasteiger partial charge is 0.507 e. The highest BCUT2D eigenvalue weighted by Crippen LogP contribution is 2.43. The Hall–Kier alpha value is -3.09. The maximum atomic E-state index is 12.7. The molecule has 1 saturated heterocycles. The zero-order valence-corrected chi connectivity index (χ0v) is 17.5. The molecule has 0 spiro atoms. The van der Waals surface area contributed by atoms with Crippen molar-refractivity contribution in [2.75, 3.05) is 13.7 Å². The van der Waals surface area contributed by atoms with Crippen LogP contribution in [-0.2, 0) is 4.74 Å². The van der Waals surface area contributed by atoms with Gasteiger partial charge in [0.1, 0.15) is 53.3 Å². The van der Waals surface area contributed by atoms with Gasteiger partial charge in [0.15, 0.2) is 17.3 Å². The first-order valence-corrected chi connectivity index (χ1v) is 10.1. The SMILES string of the molecule is COc1cc([C@@H]2CC(=O)c3c(O)cc(O[C@@H]4O[C@@H](CO)[C@@H](O)[C@H](O)[C@H]4O)cc3O2)ccc1O. The van der Waals surface area contributed by atoms with Gasteiger partial charge in [0.25, 0.3) is 0 Å². The summed E-state index contributed by atoms with van der Waals surface area (Å²) in [6, 6.07) is 6.97. The van der Waals surface area contributed by atoms with Crippen LogP contribution in [0.5, 0.6) is 28.7 Å². The van der Waals surface area contributed by atoms with Gasteiger partial charge in [0, 0.05) is 12.1 Å². The minimum atomic E-state index is -1.65. The van der Waals surface area contributed by atoms with Gasteiger partial charge < -0.3 is 49.6 Å². The Labute approximate surface area is 188 Å². The topological polar surface area (TPSA) is 175 Å². The standard InChI is InChI=1S/C22H24O11/c1-30-15-4-9(2-3-11(15)24)14-7-13(26)18-12(25)5-10(6-16(18)32-14)31-22-21(29)20(28)19(27)17(8-23)33-22/h2-6,14,17,19-25,27-29H,7-8H2,1H3/t14-,17-,19+,20-,21+,22+/m0/s1. The fourth-order valence-electron chi connectivity index (χ4n) is 3.86. The molecule has 2 aliphatic rings. The summed E-state index contributed by atoms with van der Waals surface area (Å²) < 4.78 is 21.9. The van der Waals surface area contributed by atoms with Crippen molar-refractivity contribution in [2.24, 2.45) is 0 Å². The van der Waals surface area contributed by atoms with E-state index in [1.54, 1.807) is 6.07 Å². The minimum Gasteiger partial charge on any atom is -0.507 e. The number of rotatable bonds is 5. The van der Waals surface area contributed by atoms with E-state index in [0.717, 1.165) is 6.07 Å². The van der Waals surface area contributed by atoms with Crippen molar-refractivity contribution in [1.82, 2.24) is 0 Å². The Kier molecular flexibility index (Phi) is 6.32. The summed E-state index contributed by atoms with van der Waals surface area (Å²) in [6.45, 7) is -0.629. The fraction of sp³-hybridized carbons (Fsp3) is 0.409. The third-order valence-electron chi connectivity index (χ3n) is 5.65. The van der Waals surface area contributed by atoms with E-state index in [-0.39, 0.29) is 40.8 Å². The van der Waals surface area contributed by atoms with E-state index >= 15 is 0 Å². The van der Waals surface area contributed by atoms with Gasteiger partial charge in [0.05, 0.1) is 20.1 Å². The Morgan fingerprint density at radius 1 is 1.03 bits per heavy atom. The lowest BCUT2D eigenvalue weighted by Crippen LogP contribution is -2.60. The molecule has 0 aliphatic carbocycles. The predicted molar refractivity (Wildman–Crippen MR) is 109 cm³/mol. The summed E-state index contributed by atoms with van der Waals surface area (Å²) in [6.07, 6.45) is -8.30. The van der Waals surface area contributed by atoms with Crippen molar-refractivity contribution >= 4 is 5.78 Å². The van der Waals surface area contributed by atoms with Gasteiger partial charge in [-0.1, -0.05) is 6.07 Å². The van der Waals surface area contributed by atoms with E-state index in [0.29, 0.717) is 5.56 Å². The molecule has 0 bridgehead atoms. The first-order chi connectivity index (χ1) is 15.7. The average molecular weight is 464 g/mol. The summed E-state index contributed by atoms with van der Waals surface area (Å²) in [7, 11) is 1.39. The van der Waals surface area contributed by atoms with Crippen LogP contribution < -0.4 is 14.2 Å². The van der Waals surface area contributed by atoms with Crippen molar-refractivity contribution in [3.8, 4) is 28.7 Å². The maximum absolute atomic E-state index is 12.7. The Bertz CT molecular complexity index is 1040. The molecule has 178 valence electrons. The number of aromatic hydroxyl groups is 2. The highest BCUT2D eigenvalue weighted by atomic mass is 16.7. The van der Waals surface area contributed by atoms with Gasteiger partial charge in [0.2, 0.25) is 6.29 Å². The van der Waals surface area contributed by atoms with Gasteiger partial charge in [-0.15, -0.1) is 0 Å². The highest BCUT2D eigenvalue weighted by Gasteiger charge is 2.45. The molecule has 0 radical (unpaired) electrons. The van der Waals surface area contributed by atoms with Crippen molar-refractivity contribution in [2.45, 2.75) is 43.2 Å². The lowest BCUT2D eigenvalue weighted by Gasteiger charge is -2.39. The number of fused-ring (bicyclic) bond motifs is 1. The number of carbonyl (C=O) groups excluding carboxylic acids is 1. The van der Waals surface area contributed by atoms with Crippen molar-refractivity contribution in [3.05, 3.63) is 41.5 Å².